The van der Waals surface area contributed by atoms with E-state index in [1.807, 2.05) is 43.3 Å². The lowest BCUT2D eigenvalue weighted by Gasteiger charge is -2.36. The lowest BCUT2D eigenvalue weighted by atomic mass is 10.1. The predicted octanol–water partition coefficient (Wildman–Crippen LogP) is 6.77. The summed E-state index contributed by atoms with van der Waals surface area (Å²) in [5, 5.41) is 1.39. The van der Waals surface area contributed by atoms with Crippen LogP contribution < -0.4 is 4.90 Å². The molecule has 2 aromatic carbocycles. The summed E-state index contributed by atoms with van der Waals surface area (Å²) in [7, 11) is 0. The van der Waals surface area contributed by atoms with E-state index in [9.17, 15) is 9.59 Å². The summed E-state index contributed by atoms with van der Waals surface area (Å²) in [6.07, 6.45) is 1.63. The quantitative estimate of drug-likeness (QED) is 0.212. The smallest absolute Gasteiger partial charge is 0.270 e. The molecule has 0 unspecified atom stereocenters. The molecule has 162 valence electrons. The molecule has 3 aromatic rings. The van der Waals surface area contributed by atoms with Crippen LogP contribution in [0, 0.1) is 0 Å². The van der Waals surface area contributed by atoms with Gasteiger partial charge in [0.2, 0.25) is 0 Å². The zero-order chi connectivity index (χ0) is 22.8. The molecule has 0 saturated carbocycles. The van der Waals surface area contributed by atoms with E-state index in [0.717, 1.165) is 14.0 Å². The minimum Gasteiger partial charge on any atom is -0.285 e. The number of carbonyl (C=O) groups excluding carboxylic acids is 2. The Labute approximate surface area is 209 Å². The number of halogens is 2. The number of hydrogen-bond donors (Lipinski definition) is 0. The number of likely N-dealkylation sites (N-methyl/N-ethyl adjacent to an activating group) is 1. The van der Waals surface area contributed by atoms with Gasteiger partial charge in [-0.3, -0.25) is 19.4 Å². The lowest BCUT2D eigenvalue weighted by molar-refractivity contribution is -0.127. The van der Waals surface area contributed by atoms with E-state index in [2.05, 4.69) is 0 Å². The second-order valence-electron chi connectivity index (χ2n) is 6.72. The van der Waals surface area contributed by atoms with E-state index < -0.39 is 11.8 Å². The first-order valence-corrected chi connectivity index (χ1v) is 12.4. The van der Waals surface area contributed by atoms with Crippen LogP contribution in [0.4, 0.5) is 5.69 Å². The molecule has 0 bridgehead atoms. The van der Waals surface area contributed by atoms with Gasteiger partial charge in [0.1, 0.15) is 5.57 Å². The molecule has 0 atom stereocenters. The molecule has 0 N–H and O–H groups in total. The van der Waals surface area contributed by atoms with E-state index in [1.54, 1.807) is 42.1 Å². The average molecular weight is 520 g/mol. The van der Waals surface area contributed by atoms with Gasteiger partial charge < -0.3 is 0 Å². The standard InChI is InChI=1S/C23H16Cl2N2O2S3/c1-2-26-21(28)19(22(29)27(23(26)30)16-7-3-14(24)4-8-16)13-18-11-12-20(32-18)31-17-9-5-15(25)6-10-17/h3-13H,2H2,1H3/b19-13+. The van der Waals surface area contributed by atoms with Gasteiger partial charge in [0.25, 0.3) is 11.8 Å². The van der Waals surface area contributed by atoms with Gasteiger partial charge in [0.15, 0.2) is 5.11 Å². The van der Waals surface area contributed by atoms with Crippen LogP contribution in [-0.4, -0.2) is 28.4 Å². The number of hydrogen-bond acceptors (Lipinski definition) is 5. The molecule has 1 aromatic heterocycles. The Morgan fingerprint density at radius 3 is 2.19 bits per heavy atom. The van der Waals surface area contributed by atoms with Crippen LogP contribution in [-0.2, 0) is 9.59 Å². The Hall–Kier alpha value is -2.16. The SMILES string of the molecule is CCN1C(=O)/C(=C\c2ccc(Sc3ccc(Cl)cc3)s2)C(=O)N(c2ccc(Cl)cc2)C1=S. The van der Waals surface area contributed by atoms with Crippen molar-refractivity contribution in [2.75, 3.05) is 11.4 Å². The minimum atomic E-state index is -0.452. The normalized spacial score (nSPS) is 15.7. The summed E-state index contributed by atoms with van der Waals surface area (Å²) >= 11 is 20.5. The van der Waals surface area contributed by atoms with Gasteiger partial charge in [0.05, 0.1) is 9.90 Å². The zero-order valence-corrected chi connectivity index (χ0v) is 20.7. The third-order valence-corrected chi connectivity index (χ3v) is 7.73. The molecule has 2 amide bonds. The number of nitrogens with zero attached hydrogens (tertiary/aromatic N) is 2. The number of amides is 2. The van der Waals surface area contributed by atoms with Gasteiger partial charge in [-0.1, -0.05) is 35.0 Å². The van der Waals surface area contributed by atoms with Gasteiger partial charge in [-0.15, -0.1) is 11.3 Å². The van der Waals surface area contributed by atoms with Crippen molar-refractivity contribution in [2.45, 2.75) is 16.0 Å². The van der Waals surface area contributed by atoms with E-state index in [1.165, 1.54) is 21.1 Å². The lowest BCUT2D eigenvalue weighted by Crippen LogP contribution is -2.56. The molecular weight excluding hydrogens is 503 g/mol. The first-order chi connectivity index (χ1) is 15.4. The zero-order valence-electron chi connectivity index (χ0n) is 16.7. The highest BCUT2D eigenvalue weighted by molar-refractivity contribution is 8.01. The Balaban J connectivity index is 1.65. The first kappa shape index (κ1) is 23.0. The highest BCUT2D eigenvalue weighted by Gasteiger charge is 2.39. The summed E-state index contributed by atoms with van der Waals surface area (Å²) in [6, 6.07) is 18.2. The molecule has 1 fully saturated rings. The van der Waals surface area contributed by atoms with Gasteiger partial charge in [-0.05, 0) is 85.9 Å². The second kappa shape index (κ2) is 9.77. The molecule has 32 heavy (non-hydrogen) atoms. The van der Waals surface area contributed by atoms with Crippen molar-refractivity contribution >= 4 is 87.2 Å². The topological polar surface area (TPSA) is 40.6 Å². The van der Waals surface area contributed by atoms with E-state index in [4.69, 9.17) is 35.4 Å². The van der Waals surface area contributed by atoms with Crippen molar-refractivity contribution in [1.29, 1.82) is 0 Å². The monoisotopic (exact) mass is 518 g/mol. The van der Waals surface area contributed by atoms with Crippen molar-refractivity contribution in [3.8, 4) is 0 Å². The molecular formula is C23H16Cl2N2O2S3. The summed E-state index contributed by atoms with van der Waals surface area (Å²) in [5.41, 5.74) is 0.631. The molecule has 1 aliphatic heterocycles. The number of carbonyl (C=O) groups is 2. The molecule has 0 radical (unpaired) electrons. The second-order valence-corrected chi connectivity index (χ2v) is 10.4. The van der Waals surface area contributed by atoms with Crippen LogP contribution in [0.25, 0.3) is 6.08 Å². The summed E-state index contributed by atoms with van der Waals surface area (Å²) in [5.74, 6) is -0.847. The van der Waals surface area contributed by atoms with Crippen molar-refractivity contribution in [3.05, 3.63) is 81.2 Å². The Bertz CT molecular complexity index is 1220. The molecule has 1 saturated heterocycles. The Kier molecular flexibility index (Phi) is 7.02. The fraction of sp³-hybridized carbons (Fsp3) is 0.0870. The average Bonchev–Trinajstić information content (AvgIpc) is 3.21. The van der Waals surface area contributed by atoms with Gasteiger partial charge >= 0.3 is 0 Å². The fourth-order valence-corrected chi connectivity index (χ4v) is 5.82. The molecule has 1 aliphatic rings. The van der Waals surface area contributed by atoms with Crippen molar-refractivity contribution in [2.24, 2.45) is 0 Å². The fourth-order valence-electron chi connectivity index (χ4n) is 3.10. The number of rotatable bonds is 5. The highest BCUT2D eigenvalue weighted by atomic mass is 35.5. The van der Waals surface area contributed by atoms with E-state index in [0.29, 0.717) is 22.3 Å². The number of benzene rings is 2. The van der Waals surface area contributed by atoms with Crippen LogP contribution >= 0.6 is 58.5 Å². The van der Waals surface area contributed by atoms with Crippen molar-refractivity contribution < 1.29 is 9.59 Å². The van der Waals surface area contributed by atoms with Crippen LogP contribution in [0.5, 0.6) is 0 Å². The van der Waals surface area contributed by atoms with Gasteiger partial charge in [-0.2, -0.15) is 0 Å². The van der Waals surface area contributed by atoms with Crippen molar-refractivity contribution in [3.63, 3.8) is 0 Å². The number of thiophene rings is 1. The highest BCUT2D eigenvalue weighted by Crippen LogP contribution is 2.35. The molecule has 0 spiro atoms. The van der Waals surface area contributed by atoms with Gasteiger partial charge in [-0.25, -0.2) is 0 Å². The summed E-state index contributed by atoms with van der Waals surface area (Å²) in [4.78, 5) is 31.0. The van der Waals surface area contributed by atoms with Crippen LogP contribution in [0.3, 0.4) is 0 Å². The maximum Gasteiger partial charge on any atom is 0.270 e. The Morgan fingerprint density at radius 1 is 0.938 bits per heavy atom. The molecule has 4 nitrogen and oxygen atoms in total. The predicted molar refractivity (Wildman–Crippen MR) is 137 cm³/mol. The third-order valence-electron chi connectivity index (χ3n) is 4.65. The van der Waals surface area contributed by atoms with Crippen LogP contribution in [0.1, 0.15) is 11.8 Å². The maximum absolute atomic E-state index is 13.3. The van der Waals surface area contributed by atoms with Crippen molar-refractivity contribution in [1.82, 2.24) is 4.90 Å². The Morgan fingerprint density at radius 2 is 1.56 bits per heavy atom. The summed E-state index contributed by atoms with van der Waals surface area (Å²) in [6.45, 7) is 2.18. The van der Waals surface area contributed by atoms with Gasteiger partial charge in [0, 0.05) is 26.4 Å². The molecule has 2 heterocycles. The molecule has 9 heteroatoms. The van der Waals surface area contributed by atoms with Crippen LogP contribution in [0.2, 0.25) is 10.0 Å². The van der Waals surface area contributed by atoms with E-state index >= 15 is 0 Å². The largest absolute Gasteiger partial charge is 0.285 e. The molecule has 4 rings (SSSR count). The molecule has 0 aliphatic carbocycles. The maximum atomic E-state index is 13.3. The number of thiocarbonyl (C=S) groups is 1. The van der Waals surface area contributed by atoms with E-state index in [-0.39, 0.29) is 10.7 Å². The minimum absolute atomic E-state index is 0.0697. The number of anilines is 1. The first-order valence-electron chi connectivity index (χ1n) is 9.58. The third kappa shape index (κ3) is 4.77. The van der Waals surface area contributed by atoms with Crippen LogP contribution in [0.15, 0.2) is 75.3 Å². The summed E-state index contributed by atoms with van der Waals surface area (Å²) < 4.78 is 1.03.